The molecule has 0 saturated heterocycles. The maximum absolute atomic E-state index is 12.2. The van der Waals surface area contributed by atoms with Crippen LogP contribution in [0.4, 0.5) is 11.4 Å². The van der Waals surface area contributed by atoms with Gasteiger partial charge in [0.1, 0.15) is 11.8 Å². The molecule has 0 heterocycles. The Morgan fingerprint density at radius 3 is 2.62 bits per heavy atom. The number of nitriles is 1. The van der Waals surface area contributed by atoms with Crippen LogP contribution in [-0.2, 0) is 14.8 Å². The second-order valence-corrected chi connectivity index (χ2v) is 7.40. The van der Waals surface area contributed by atoms with Gasteiger partial charge in [-0.3, -0.25) is 9.10 Å². The first-order valence-corrected chi connectivity index (χ1v) is 9.60. The van der Waals surface area contributed by atoms with Gasteiger partial charge >= 0.3 is 0 Å². The molecule has 1 N–H and O–H groups in total. The molecule has 7 nitrogen and oxygen atoms in total. The number of anilines is 2. The minimum Gasteiger partial charge on any atom is -0.497 e. The number of methoxy groups -OCH3 is 1. The molecule has 8 heteroatoms. The third kappa shape index (κ3) is 4.97. The van der Waals surface area contributed by atoms with E-state index in [1.54, 1.807) is 42.5 Å². The Labute approximate surface area is 152 Å². The highest BCUT2D eigenvalue weighted by molar-refractivity contribution is 7.92. The molecular formula is C18H19N3O4S. The first kappa shape index (κ1) is 19.3. The van der Waals surface area contributed by atoms with Crippen molar-refractivity contribution < 1.29 is 17.9 Å². The lowest BCUT2D eigenvalue weighted by Crippen LogP contribution is -2.33. The fraction of sp³-hybridized carbons (Fsp3) is 0.222. The Morgan fingerprint density at radius 1 is 1.23 bits per heavy atom. The van der Waals surface area contributed by atoms with Crippen molar-refractivity contribution >= 4 is 27.3 Å². The lowest BCUT2D eigenvalue weighted by molar-refractivity contribution is -0.116. The number of sulfonamides is 1. The predicted molar refractivity (Wildman–Crippen MR) is 99.6 cm³/mol. The van der Waals surface area contributed by atoms with Crippen LogP contribution in [0.3, 0.4) is 0 Å². The molecule has 136 valence electrons. The molecule has 2 aromatic carbocycles. The Kier molecular flexibility index (Phi) is 6.20. The van der Waals surface area contributed by atoms with Gasteiger partial charge in [0.2, 0.25) is 15.9 Å². The number of hydrogen-bond donors (Lipinski definition) is 1. The third-order valence-corrected chi connectivity index (χ3v) is 4.77. The highest BCUT2D eigenvalue weighted by atomic mass is 32.2. The predicted octanol–water partition coefficient (Wildman–Crippen LogP) is 2.36. The van der Waals surface area contributed by atoms with Gasteiger partial charge in [-0.1, -0.05) is 18.2 Å². The number of amides is 1. The number of rotatable bonds is 7. The van der Waals surface area contributed by atoms with Crippen molar-refractivity contribution in [1.82, 2.24) is 0 Å². The van der Waals surface area contributed by atoms with Crippen LogP contribution < -0.4 is 14.4 Å². The highest BCUT2D eigenvalue weighted by Gasteiger charge is 2.21. The number of hydrogen-bond acceptors (Lipinski definition) is 5. The normalized spacial score (nSPS) is 10.7. The average Bonchev–Trinajstić information content (AvgIpc) is 2.61. The zero-order chi connectivity index (χ0) is 19.2. The summed E-state index contributed by atoms with van der Waals surface area (Å²) >= 11 is 0. The van der Waals surface area contributed by atoms with Crippen LogP contribution >= 0.6 is 0 Å². The van der Waals surface area contributed by atoms with Gasteiger partial charge in [-0.2, -0.15) is 5.26 Å². The van der Waals surface area contributed by atoms with E-state index in [4.69, 9.17) is 4.74 Å². The van der Waals surface area contributed by atoms with E-state index in [-0.39, 0.29) is 30.1 Å². The zero-order valence-electron chi connectivity index (χ0n) is 14.5. The summed E-state index contributed by atoms with van der Waals surface area (Å²) in [6.45, 7) is -0.0761. The lowest BCUT2D eigenvalue weighted by Gasteiger charge is -2.23. The molecule has 0 aromatic heterocycles. The van der Waals surface area contributed by atoms with Crippen LogP contribution in [0, 0.1) is 11.3 Å². The molecule has 0 atom stereocenters. The topological polar surface area (TPSA) is 99.5 Å². The Morgan fingerprint density at radius 2 is 1.96 bits per heavy atom. The Hall–Kier alpha value is -3.05. The number of carbonyl (C=O) groups excluding carboxylic acids is 1. The SMILES string of the molecule is COc1cccc(NC(=O)CCN(c2ccccc2C#N)S(C)(=O)=O)c1. The smallest absolute Gasteiger partial charge is 0.232 e. The monoisotopic (exact) mass is 373 g/mol. The number of carbonyl (C=O) groups is 1. The molecule has 26 heavy (non-hydrogen) atoms. The van der Waals surface area contributed by atoms with Crippen molar-refractivity contribution in [1.29, 1.82) is 5.26 Å². The van der Waals surface area contributed by atoms with Gasteiger partial charge in [-0.05, 0) is 24.3 Å². The number of nitrogens with one attached hydrogen (secondary N) is 1. The van der Waals surface area contributed by atoms with E-state index in [1.165, 1.54) is 13.2 Å². The molecule has 2 rings (SSSR count). The second kappa shape index (κ2) is 8.36. The van der Waals surface area contributed by atoms with Crippen LogP contribution in [0.5, 0.6) is 5.75 Å². The summed E-state index contributed by atoms with van der Waals surface area (Å²) < 4.78 is 30.4. The maximum atomic E-state index is 12.2. The largest absolute Gasteiger partial charge is 0.497 e. The molecule has 0 aliphatic rings. The molecule has 0 bridgehead atoms. The number of ether oxygens (including phenoxy) is 1. The molecular weight excluding hydrogens is 354 g/mol. The molecule has 0 saturated carbocycles. The van der Waals surface area contributed by atoms with E-state index in [1.807, 2.05) is 6.07 Å². The van der Waals surface area contributed by atoms with Gasteiger partial charge in [0.05, 0.1) is 24.6 Å². The summed E-state index contributed by atoms with van der Waals surface area (Å²) in [4.78, 5) is 12.2. The molecule has 0 spiro atoms. The van der Waals surface area contributed by atoms with Crippen molar-refractivity contribution in [2.24, 2.45) is 0 Å². The fourth-order valence-electron chi connectivity index (χ4n) is 2.38. The first-order chi connectivity index (χ1) is 12.3. The molecule has 0 aliphatic carbocycles. The number of nitrogens with zero attached hydrogens (tertiary/aromatic N) is 2. The zero-order valence-corrected chi connectivity index (χ0v) is 15.3. The van der Waals surface area contributed by atoms with E-state index >= 15 is 0 Å². The summed E-state index contributed by atoms with van der Waals surface area (Å²) in [5.74, 6) is 0.254. The quantitative estimate of drug-likeness (QED) is 0.803. The summed E-state index contributed by atoms with van der Waals surface area (Å²) in [5, 5.41) is 11.9. The average molecular weight is 373 g/mol. The van der Waals surface area contributed by atoms with Crippen LogP contribution in [0.15, 0.2) is 48.5 Å². The summed E-state index contributed by atoms with van der Waals surface area (Å²) in [6.07, 6.45) is 0.977. The van der Waals surface area contributed by atoms with E-state index in [0.717, 1.165) is 10.6 Å². The van der Waals surface area contributed by atoms with Gasteiger partial charge in [0, 0.05) is 24.7 Å². The van der Waals surface area contributed by atoms with Gasteiger partial charge in [-0.25, -0.2) is 8.42 Å². The summed E-state index contributed by atoms with van der Waals surface area (Å²) in [7, 11) is -2.12. The standard InChI is InChI=1S/C18H19N3O4S/c1-25-16-8-5-7-15(12-16)20-18(22)10-11-21(26(2,23)24)17-9-4-3-6-14(17)13-19/h3-9,12H,10-11H2,1-2H3,(H,20,22). The van der Waals surface area contributed by atoms with Crippen molar-refractivity contribution in [2.45, 2.75) is 6.42 Å². The molecule has 0 fully saturated rings. The minimum absolute atomic E-state index is 0.0654. The Balaban J connectivity index is 2.13. The molecule has 0 radical (unpaired) electrons. The molecule has 0 aliphatic heterocycles. The summed E-state index contributed by atoms with van der Waals surface area (Å²) in [6, 6.07) is 15.2. The van der Waals surface area contributed by atoms with Crippen molar-refractivity contribution in [3.8, 4) is 11.8 Å². The Bertz CT molecular complexity index is 935. The van der Waals surface area contributed by atoms with Crippen LogP contribution in [0.2, 0.25) is 0 Å². The number of benzene rings is 2. The van der Waals surface area contributed by atoms with Crippen molar-refractivity contribution in [3.05, 3.63) is 54.1 Å². The summed E-state index contributed by atoms with van der Waals surface area (Å²) in [5.41, 5.74) is 1.04. The van der Waals surface area contributed by atoms with E-state index in [2.05, 4.69) is 5.32 Å². The third-order valence-electron chi connectivity index (χ3n) is 3.59. The van der Waals surface area contributed by atoms with Gasteiger partial charge in [0.15, 0.2) is 0 Å². The van der Waals surface area contributed by atoms with E-state index < -0.39 is 10.0 Å². The van der Waals surface area contributed by atoms with Crippen LogP contribution in [-0.4, -0.2) is 34.2 Å². The first-order valence-electron chi connectivity index (χ1n) is 7.76. The van der Waals surface area contributed by atoms with Crippen LogP contribution in [0.25, 0.3) is 0 Å². The second-order valence-electron chi connectivity index (χ2n) is 5.49. The molecule has 2 aromatic rings. The minimum atomic E-state index is -3.65. The maximum Gasteiger partial charge on any atom is 0.232 e. The fourth-order valence-corrected chi connectivity index (χ4v) is 3.32. The number of para-hydroxylation sites is 1. The van der Waals surface area contributed by atoms with E-state index in [0.29, 0.717) is 11.4 Å². The van der Waals surface area contributed by atoms with Crippen molar-refractivity contribution in [2.75, 3.05) is 29.5 Å². The van der Waals surface area contributed by atoms with Gasteiger partial charge < -0.3 is 10.1 Å². The lowest BCUT2D eigenvalue weighted by atomic mass is 10.2. The van der Waals surface area contributed by atoms with Gasteiger partial charge in [-0.15, -0.1) is 0 Å². The highest BCUT2D eigenvalue weighted by Crippen LogP contribution is 2.23. The van der Waals surface area contributed by atoms with Crippen molar-refractivity contribution in [3.63, 3.8) is 0 Å². The van der Waals surface area contributed by atoms with Crippen LogP contribution in [0.1, 0.15) is 12.0 Å². The molecule has 0 unspecified atom stereocenters. The van der Waals surface area contributed by atoms with E-state index in [9.17, 15) is 18.5 Å². The molecule has 1 amide bonds. The van der Waals surface area contributed by atoms with Gasteiger partial charge in [0.25, 0.3) is 0 Å².